The van der Waals surface area contributed by atoms with E-state index >= 15 is 0 Å². The molecule has 1 fully saturated rings. The van der Waals surface area contributed by atoms with E-state index in [9.17, 15) is 19.1 Å². The highest BCUT2D eigenvalue weighted by atomic mass is 35.5. The molecule has 3 N–H and O–H groups in total. The number of likely N-dealkylation sites (tertiary alicyclic amines) is 1. The first-order valence-corrected chi connectivity index (χ1v) is 11.6. The van der Waals surface area contributed by atoms with Gasteiger partial charge in [0, 0.05) is 17.1 Å². The molecule has 2 aromatic rings. The molecule has 1 aromatic carbocycles. The van der Waals surface area contributed by atoms with Crippen molar-refractivity contribution in [1.29, 1.82) is 0 Å². The van der Waals surface area contributed by atoms with Crippen LogP contribution in [-0.2, 0) is 6.61 Å². The number of carboxylic acid groups (broad SMARTS) is 1. The minimum atomic E-state index is -1.31. The second-order valence-electron chi connectivity index (χ2n) is 7.62. The zero-order chi connectivity index (χ0) is 23.1. The van der Waals surface area contributed by atoms with Crippen molar-refractivity contribution in [2.45, 2.75) is 39.2 Å². The van der Waals surface area contributed by atoms with E-state index < -0.39 is 17.8 Å². The van der Waals surface area contributed by atoms with Crippen molar-refractivity contribution >= 4 is 40.1 Å². The molecule has 32 heavy (non-hydrogen) atoms. The Labute approximate surface area is 194 Å². The highest BCUT2D eigenvalue weighted by Crippen LogP contribution is 2.31. The minimum absolute atomic E-state index is 0.0458. The standard InChI is InChI=1S/C21H26ClFN4O4S/c1-13-10-16(23)14(11-15(13)22)12-31-18-17(20(28)29)19(32-26-18)25-21(30)24-6-2-3-7-27-8-4-5-9-27/h10-11H,2-9,12H2,1H3,(H,28,29)(H2,24,25,30). The smallest absolute Gasteiger partial charge is 0.344 e. The third-order valence-electron chi connectivity index (χ3n) is 5.18. The van der Waals surface area contributed by atoms with Crippen LogP contribution in [0.3, 0.4) is 0 Å². The molecule has 0 atom stereocenters. The number of carbonyl (C=O) groups is 2. The molecule has 1 aliphatic rings. The van der Waals surface area contributed by atoms with Crippen molar-refractivity contribution < 1.29 is 23.8 Å². The Bertz CT molecular complexity index is 966. The molecule has 0 aliphatic carbocycles. The highest BCUT2D eigenvalue weighted by molar-refractivity contribution is 7.11. The van der Waals surface area contributed by atoms with Crippen molar-refractivity contribution in [2.24, 2.45) is 0 Å². The van der Waals surface area contributed by atoms with Gasteiger partial charge in [0.1, 0.15) is 17.4 Å². The molecule has 174 valence electrons. The molecule has 1 aliphatic heterocycles. The minimum Gasteiger partial charge on any atom is -0.477 e. The van der Waals surface area contributed by atoms with E-state index in [1.807, 2.05) is 0 Å². The monoisotopic (exact) mass is 484 g/mol. The van der Waals surface area contributed by atoms with Gasteiger partial charge < -0.3 is 20.1 Å². The van der Waals surface area contributed by atoms with Crippen LogP contribution in [0.2, 0.25) is 5.02 Å². The van der Waals surface area contributed by atoms with Gasteiger partial charge in [-0.2, -0.15) is 4.37 Å². The summed E-state index contributed by atoms with van der Waals surface area (Å²) in [4.78, 5) is 26.3. The van der Waals surface area contributed by atoms with Crippen LogP contribution in [-0.4, -0.2) is 52.6 Å². The maximum absolute atomic E-state index is 14.1. The predicted molar refractivity (Wildman–Crippen MR) is 121 cm³/mol. The molecule has 0 radical (unpaired) electrons. The van der Waals surface area contributed by atoms with Crippen molar-refractivity contribution in [1.82, 2.24) is 14.6 Å². The van der Waals surface area contributed by atoms with E-state index in [4.69, 9.17) is 16.3 Å². The second kappa shape index (κ2) is 11.4. The van der Waals surface area contributed by atoms with Gasteiger partial charge in [-0.25, -0.2) is 14.0 Å². The summed E-state index contributed by atoms with van der Waals surface area (Å²) in [7, 11) is 0. The average Bonchev–Trinajstić information content (AvgIpc) is 3.39. The fraction of sp³-hybridized carbons (Fsp3) is 0.476. The molecule has 2 heterocycles. The molecule has 1 aromatic heterocycles. The summed E-state index contributed by atoms with van der Waals surface area (Å²) in [5.41, 5.74) is 0.477. The Morgan fingerprint density at radius 3 is 2.78 bits per heavy atom. The summed E-state index contributed by atoms with van der Waals surface area (Å²) in [6, 6.07) is 2.19. The first-order valence-electron chi connectivity index (χ1n) is 10.4. The first kappa shape index (κ1) is 24.2. The van der Waals surface area contributed by atoms with Crippen molar-refractivity contribution in [3.8, 4) is 5.88 Å². The Hall–Kier alpha value is -2.43. The van der Waals surface area contributed by atoms with Crippen LogP contribution in [0, 0.1) is 12.7 Å². The van der Waals surface area contributed by atoms with Crippen molar-refractivity contribution in [2.75, 3.05) is 31.5 Å². The summed E-state index contributed by atoms with van der Waals surface area (Å²) in [6.07, 6.45) is 4.32. The van der Waals surface area contributed by atoms with Crippen LogP contribution < -0.4 is 15.4 Å². The van der Waals surface area contributed by atoms with Crippen LogP contribution in [0.25, 0.3) is 0 Å². The molecule has 11 heteroatoms. The Kier molecular flexibility index (Phi) is 8.66. The lowest BCUT2D eigenvalue weighted by molar-refractivity contribution is 0.0693. The lowest BCUT2D eigenvalue weighted by Gasteiger charge is -2.14. The molecule has 0 bridgehead atoms. The number of halogens is 2. The van der Waals surface area contributed by atoms with E-state index in [2.05, 4.69) is 19.9 Å². The number of carbonyl (C=O) groups excluding carboxylic acids is 1. The molecular weight excluding hydrogens is 459 g/mol. The quantitative estimate of drug-likeness (QED) is 0.428. The largest absolute Gasteiger partial charge is 0.477 e. The first-order chi connectivity index (χ1) is 15.3. The predicted octanol–water partition coefficient (Wildman–Crippen LogP) is 4.52. The van der Waals surface area contributed by atoms with Gasteiger partial charge in [0.25, 0.3) is 0 Å². The topological polar surface area (TPSA) is 104 Å². The zero-order valence-electron chi connectivity index (χ0n) is 17.7. The summed E-state index contributed by atoms with van der Waals surface area (Å²) in [5, 5.41) is 15.2. The second-order valence-corrected chi connectivity index (χ2v) is 8.80. The lowest BCUT2D eigenvalue weighted by atomic mass is 10.1. The number of nitrogens with one attached hydrogen (secondary N) is 2. The summed E-state index contributed by atoms with van der Waals surface area (Å²) in [5.74, 6) is -2.02. The number of amides is 2. The number of rotatable bonds is 10. The fourth-order valence-electron chi connectivity index (χ4n) is 3.41. The van der Waals surface area contributed by atoms with Crippen LogP contribution in [0.1, 0.15) is 47.2 Å². The Balaban J connectivity index is 1.52. The number of hydrogen-bond acceptors (Lipinski definition) is 6. The number of ether oxygens (including phenoxy) is 1. The summed E-state index contributed by atoms with van der Waals surface area (Å²) < 4.78 is 23.5. The number of aromatic nitrogens is 1. The summed E-state index contributed by atoms with van der Waals surface area (Å²) >= 11 is 6.80. The van der Waals surface area contributed by atoms with Crippen LogP contribution in [0.15, 0.2) is 12.1 Å². The molecule has 8 nitrogen and oxygen atoms in total. The fourth-order valence-corrected chi connectivity index (χ4v) is 4.32. The highest BCUT2D eigenvalue weighted by Gasteiger charge is 2.24. The van der Waals surface area contributed by atoms with Gasteiger partial charge in [-0.3, -0.25) is 5.32 Å². The number of urea groups is 1. The third-order valence-corrected chi connectivity index (χ3v) is 6.33. The van der Waals surface area contributed by atoms with Crippen LogP contribution in [0.5, 0.6) is 5.88 Å². The number of nitrogens with zero attached hydrogens (tertiary/aromatic N) is 2. The van der Waals surface area contributed by atoms with Crippen LogP contribution in [0.4, 0.5) is 14.2 Å². The number of unbranched alkanes of at least 4 members (excludes halogenated alkanes) is 1. The zero-order valence-corrected chi connectivity index (χ0v) is 19.3. The van der Waals surface area contributed by atoms with Crippen molar-refractivity contribution in [3.05, 3.63) is 39.7 Å². The van der Waals surface area contributed by atoms with Gasteiger partial charge in [-0.15, -0.1) is 0 Å². The Morgan fingerprint density at radius 2 is 2.06 bits per heavy atom. The van der Waals surface area contributed by atoms with E-state index in [-0.39, 0.29) is 28.6 Å². The van der Waals surface area contributed by atoms with E-state index in [1.54, 1.807) is 6.92 Å². The van der Waals surface area contributed by atoms with Gasteiger partial charge >= 0.3 is 12.0 Å². The average molecular weight is 485 g/mol. The van der Waals surface area contributed by atoms with Gasteiger partial charge in [0.15, 0.2) is 5.56 Å². The normalized spacial score (nSPS) is 13.8. The maximum atomic E-state index is 14.1. The molecule has 3 rings (SSSR count). The molecule has 0 saturated carbocycles. The lowest BCUT2D eigenvalue weighted by Crippen LogP contribution is -2.30. The van der Waals surface area contributed by atoms with E-state index in [1.165, 1.54) is 25.0 Å². The van der Waals surface area contributed by atoms with Crippen molar-refractivity contribution in [3.63, 3.8) is 0 Å². The van der Waals surface area contributed by atoms with E-state index in [0.717, 1.165) is 44.0 Å². The van der Waals surface area contributed by atoms with Gasteiger partial charge in [-0.1, -0.05) is 11.6 Å². The molecule has 0 spiro atoms. The van der Waals surface area contributed by atoms with E-state index in [0.29, 0.717) is 17.1 Å². The van der Waals surface area contributed by atoms with Crippen LogP contribution >= 0.6 is 23.1 Å². The molecule has 2 amide bonds. The maximum Gasteiger partial charge on any atom is 0.344 e. The van der Waals surface area contributed by atoms with Gasteiger partial charge in [0.05, 0.1) is 0 Å². The SMILES string of the molecule is Cc1cc(F)c(COc2nsc(NC(=O)NCCCCN3CCCC3)c2C(=O)O)cc1Cl. The summed E-state index contributed by atoms with van der Waals surface area (Å²) in [6.45, 7) is 5.22. The van der Waals surface area contributed by atoms with Gasteiger partial charge in [-0.05, 0) is 81.5 Å². The number of hydrogen-bond donors (Lipinski definition) is 3. The molecule has 0 unspecified atom stereocenters. The third kappa shape index (κ3) is 6.54. The Morgan fingerprint density at radius 1 is 1.31 bits per heavy atom. The number of carboxylic acids is 1. The molecule has 1 saturated heterocycles. The number of anilines is 1. The molecular formula is C21H26ClFN4O4S. The number of aryl methyl sites for hydroxylation is 1. The number of benzene rings is 1. The number of aromatic carboxylic acids is 1. The van der Waals surface area contributed by atoms with Gasteiger partial charge in [0.2, 0.25) is 5.88 Å².